The molecule has 528 valence electrons. The second-order valence-electron chi connectivity index (χ2n) is 25.9. The van der Waals surface area contributed by atoms with Crippen molar-refractivity contribution in [2.24, 2.45) is 0 Å². The van der Waals surface area contributed by atoms with E-state index >= 15 is 0 Å². The lowest BCUT2D eigenvalue weighted by Crippen LogP contribution is -2.40. The summed E-state index contributed by atoms with van der Waals surface area (Å²) in [6.45, 7) is 4.75. The maximum atomic E-state index is 13.0. The molecule has 1 N–H and O–H groups in total. The molecule has 2 atom stereocenters. The normalized spacial score (nSPS) is 13.6. The van der Waals surface area contributed by atoms with Crippen LogP contribution in [0.3, 0.4) is 0 Å². The summed E-state index contributed by atoms with van der Waals surface area (Å²) >= 11 is 0. The fourth-order valence-corrected chi connectivity index (χ4v) is 10.1. The zero-order valence-electron chi connectivity index (χ0n) is 60.4. The largest absolute Gasteiger partial charge is 0.477 e. The SMILES string of the molecule is CC/C=C\C/C=C\C/C=C\C/C=C\C/C=C\C/C=C\C/C=C\C/C=C\C/C=C\C/C=C\CCCCCCCCCCCCC(=O)OC(COC(=O)CCCCCCCCCCCCCC/C=C\C/C=C\C/C=C\CCCCCCC)COC(OCC[N+](C)(C)C)C(=O)O. The Labute approximate surface area is 572 Å². The van der Waals surface area contributed by atoms with E-state index in [1.54, 1.807) is 0 Å². The smallest absolute Gasteiger partial charge is 0.361 e. The van der Waals surface area contributed by atoms with Gasteiger partial charge in [0.05, 0.1) is 34.4 Å². The Morgan fingerprint density at radius 2 is 0.613 bits per heavy atom. The van der Waals surface area contributed by atoms with Crippen molar-refractivity contribution in [1.29, 1.82) is 0 Å². The number of hydrogen-bond acceptors (Lipinski definition) is 7. The fraction of sp³-hybridized carbons (Fsp3) is 0.655. The van der Waals surface area contributed by atoms with Crippen LogP contribution in [-0.2, 0) is 33.3 Å². The Morgan fingerprint density at radius 1 is 0.333 bits per heavy atom. The number of aliphatic carboxylic acids is 1. The predicted molar refractivity (Wildman–Crippen MR) is 400 cm³/mol. The van der Waals surface area contributed by atoms with Gasteiger partial charge in [-0.15, -0.1) is 0 Å². The van der Waals surface area contributed by atoms with Crippen molar-refractivity contribution in [3.8, 4) is 0 Å². The number of rotatable bonds is 68. The molecule has 0 heterocycles. The highest BCUT2D eigenvalue weighted by molar-refractivity contribution is 5.71. The number of hydrogen-bond donors (Lipinski definition) is 1. The molecule has 0 radical (unpaired) electrons. The van der Waals surface area contributed by atoms with Crippen LogP contribution in [0.1, 0.15) is 296 Å². The lowest BCUT2D eigenvalue weighted by Gasteiger charge is -2.25. The zero-order valence-corrected chi connectivity index (χ0v) is 60.4. The molecule has 0 aliphatic heterocycles. The number of carboxylic acids is 1. The van der Waals surface area contributed by atoms with Crippen LogP contribution in [0.5, 0.6) is 0 Å². The third kappa shape index (κ3) is 74.2. The van der Waals surface area contributed by atoms with Crippen molar-refractivity contribution in [1.82, 2.24) is 0 Å². The van der Waals surface area contributed by atoms with Crippen LogP contribution in [0.15, 0.2) is 158 Å². The first kappa shape index (κ1) is 87.9. The highest BCUT2D eigenvalue weighted by Gasteiger charge is 2.25. The molecular formula is C84H140NO8+. The summed E-state index contributed by atoms with van der Waals surface area (Å²) in [4.78, 5) is 37.7. The second-order valence-corrected chi connectivity index (χ2v) is 25.9. The molecule has 0 aromatic heterocycles. The minimum atomic E-state index is -1.52. The van der Waals surface area contributed by atoms with Gasteiger partial charge in [-0.05, 0) is 128 Å². The Hall–Kier alpha value is -5.09. The fourth-order valence-electron chi connectivity index (χ4n) is 10.1. The van der Waals surface area contributed by atoms with Crippen LogP contribution in [-0.4, -0.2) is 87.4 Å². The molecule has 0 aliphatic rings. The maximum Gasteiger partial charge on any atom is 0.361 e. The number of likely N-dealkylation sites (N-methyl/N-ethyl adjacent to an activating group) is 1. The monoisotopic (exact) mass is 1290 g/mol. The Kier molecular flexibility index (Phi) is 68.8. The van der Waals surface area contributed by atoms with E-state index in [1.165, 1.54) is 141 Å². The lowest BCUT2D eigenvalue weighted by atomic mass is 10.0. The Bertz CT molecular complexity index is 2090. The molecule has 9 nitrogen and oxygen atoms in total. The number of quaternary nitrogens is 1. The van der Waals surface area contributed by atoms with E-state index in [9.17, 15) is 19.5 Å². The summed E-state index contributed by atoms with van der Waals surface area (Å²) in [7, 11) is 5.97. The van der Waals surface area contributed by atoms with Gasteiger partial charge in [-0.2, -0.15) is 0 Å². The van der Waals surface area contributed by atoms with Crippen molar-refractivity contribution in [2.45, 2.75) is 309 Å². The molecule has 0 spiro atoms. The van der Waals surface area contributed by atoms with E-state index < -0.39 is 24.3 Å². The molecule has 0 aromatic rings. The predicted octanol–water partition coefficient (Wildman–Crippen LogP) is 24.0. The quantitative estimate of drug-likeness (QED) is 0.0211. The van der Waals surface area contributed by atoms with Crippen LogP contribution in [0.2, 0.25) is 0 Å². The molecule has 0 rings (SSSR count). The number of ether oxygens (including phenoxy) is 4. The van der Waals surface area contributed by atoms with E-state index in [0.717, 1.165) is 122 Å². The molecular weight excluding hydrogens is 1150 g/mol. The van der Waals surface area contributed by atoms with Gasteiger partial charge in [0, 0.05) is 12.8 Å². The van der Waals surface area contributed by atoms with Crippen molar-refractivity contribution in [3.05, 3.63) is 158 Å². The van der Waals surface area contributed by atoms with Crippen LogP contribution in [0, 0.1) is 0 Å². The molecule has 0 aliphatic carbocycles. The van der Waals surface area contributed by atoms with Crippen LogP contribution >= 0.6 is 0 Å². The molecule has 0 saturated carbocycles. The van der Waals surface area contributed by atoms with Crippen LogP contribution in [0.4, 0.5) is 0 Å². The Balaban J connectivity index is 4.14. The first-order valence-corrected chi connectivity index (χ1v) is 37.6. The summed E-state index contributed by atoms with van der Waals surface area (Å²) in [5.74, 6) is -2.02. The van der Waals surface area contributed by atoms with Crippen molar-refractivity contribution >= 4 is 17.9 Å². The molecule has 0 amide bonds. The maximum absolute atomic E-state index is 13.0. The number of nitrogens with zero attached hydrogens (tertiary/aromatic N) is 1. The number of carboxylic acid groups (broad SMARTS) is 1. The third-order valence-electron chi connectivity index (χ3n) is 15.8. The summed E-state index contributed by atoms with van der Waals surface area (Å²) < 4.78 is 23.0. The molecule has 9 heteroatoms. The van der Waals surface area contributed by atoms with Gasteiger partial charge in [0.25, 0.3) is 6.29 Å². The van der Waals surface area contributed by atoms with E-state index in [0.29, 0.717) is 23.9 Å². The van der Waals surface area contributed by atoms with E-state index in [-0.39, 0.29) is 32.2 Å². The van der Waals surface area contributed by atoms with Gasteiger partial charge < -0.3 is 28.5 Å². The number of esters is 2. The van der Waals surface area contributed by atoms with E-state index in [2.05, 4.69) is 172 Å². The summed E-state index contributed by atoms with van der Waals surface area (Å²) in [5.41, 5.74) is 0. The van der Waals surface area contributed by atoms with E-state index in [1.807, 2.05) is 21.1 Å². The van der Waals surface area contributed by atoms with Gasteiger partial charge in [-0.1, -0.05) is 313 Å². The highest BCUT2D eigenvalue weighted by atomic mass is 16.7. The van der Waals surface area contributed by atoms with Gasteiger partial charge in [-0.3, -0.25) is 9.59 Å². The third-order valence-corrected chi connectivity index (χ3v) is 15.8. The molecule has 0 saturated heterocycles. The van der Waals surface area contributed by atoms with Gasteiger partial charge in [-0.25, -0.2) is 4.79 Å². The molecule has 93 heavy (non-hydrogen) atoms. The average molecular weight is 1290 g/mol. The van der Waals surface area contributed by atoms with E-state index in [4.69, 9.17) is 18.9 Å². The number of unbranched alkanes of at least 4 members (excludes halogenated alkanes) is 27. The van der Waals surface area contributed by atoms with Crippen molar-refractivity contribution in [2.75, 3.05) is 47.5 Å². The summed E-state index contributed by atoms with van der Waals surface area (Å²) in [6, 6.07) is 0. The molecule has 2 unspecified atom stereocenters. The zero-order chi connectivity index (χ0) is 67.5. The number of carbonyl (C=O) groups excluding carboxylic acids is 2. The van der Waals surface area contributed by atoms with Crippen molar-refractivity contribution in [3.63, 3.8) is 0 Å². The topological polar surface area (TPSA) is 108 Å². The first-order valence-electron chi connectivity index (χ1n) is 37.6. The Morgan fingerprint density at radius 3 is 0.914 bits per heavy atom. The van der Waals surface area contributed by atoms with Gasteiger partial charge in [0.15, 0.2) is 6.10 Å². The summed E-state index contributed by atoms with van der Waals surface area (Å²) in [5, 5.41) is 9.76. The molecule has 0 fully saturated rings. The summed E-state index contributed by atoms with van der Waals surface area (Å²) in [6.07, 6.45) is 105. The number of carbonyl (C=O) groups is 3. The first-order chi connectivity index (χ1) is 45.6. The van der Waals surface area contributed by atoms with Crippen LogP contribution < -0.4 is 0 Å². The molecule has 0 bridgehead atoms. The standard InChI is InChI=1S/C84H139NO8/c1-6-8-10-12-14-16-18-20-22-24-26-28-30-32-34-35-36-37-38-39-40-41-42-43-44-45-46-47-49-51-53-55-57-59-61-63-65-67-69-71-73-75-82(87)93-80(79-92-84(83(88)89)90-77-76-85(3,4)5)78-91-81(86)74-72-70-68-66-64-62-60-58-56-54-52-50-48-33-31-29-27-25-23-21-19-17-15-13-11-9-7-2/h8,10,14,16,19-22,25-28,31-34,36-37,39-40,42-43,45-46,49,51,80,84H,6-7,9,11-13,15,17-18,23-24,29-30,35,38,41,44,47-48,50,52-79H2,1-5H3/p+1/b10-8-,16-14-,21-19-,22-20-,27-25-,28-26-,33-31-,34-32-,37-36-,40-39-,43-42-,46-45-,51-49-. The second kappa shape index (κ2) is 72.7. The van der Waals surface area contributed by atoms with Crippen LogP contribution in [0.25, 0.3) is 0 Å². The lowest BCUT2D eigenvalue weighted by molar-refractivity contribution is -0.870. The highest BCUT2D eigenvalue weighted by Crippen LogP contribution is 2.17. The number of allylic oxidation sites excluding steroid dienone is 26. The minimum Gasteiger partial charge on any atom is -0.477 e. The van der Waals surface area contributed by atoms with Gasteiger partial charge in [0.2, 0.25) is 0 Å². The molecule has 0 aromatic carbocycles. The minimum absolute atomic E-state index is 0.180. The van der Waals surface area contributed by atoms with Gasteiger partial charge in [0.1, 0.15) is 13.2 Å². The average Bonchev–Trinajstić information content (AvgIpc) is 3.38. The van der Waals surface area contributed by atoms with Crippen molar-refractivity contribution < 1.29 is 42.9 Å². The van der Waals surface area contributed by atoms with Gasteiger partial charge >= 0.3 is 17.9 Å².